The summed E-state index contributed by atoms with van der Waals surface area (Å²) >= 11 is 5.69. The topological polar surface area (TPSA) is 58.5 Å². The maximum atomic E-state index is 12.0. The molecule has 0 saturated carbocycles. The lowest BCUT2D eigenvalue weighted by molar-refractivity contribution is 0.590. The fourth-order valence-electron chi connectivity index (χ4n) is 1.32. The summed E-state index contributed by atoms with van der Waals surface area (Å²) in [5.74, 6) is 0. The summed E-state index contributed by atoms with van der Waals surface area (Å²) in [5, 5.41) is 3.63. The van der Waals surface area contributed by atoms with Gasteiger partial charge in [-0.05, 0) is 24.3 Å². The predicted molar refractivity (Wildman–Crippen MR) is 58.9 cm³/mol. The Labute approximate surface area is 92.9 Å². The van der Waals surface area contributed by atoms with Crippen LogP contribution in [0.15, 0.2) is 34.3 Å². The molecule has 0 aliphatic carbocycles. The fraction of sp³-hybridized carbons (Fsp3) is 0.222. The molecule has 0 spiro atoms. The van der Waals surface area contributed by atoms with Crippen LogP contribution in [0.1, 0.15) is 0 Å². The molecule has 1 aromatic carbocycles. The Balaban J connectivity index is 2.37. The molecule has 4 nitrogen and oxygen atoms in total. The standard InChI is InChI=1S/C9H9ClN2O2S/c10-7-1-3-8(4-2-7)15(13,14)9-5-11-12-6-9/h1-5,9,12H,6H2. The second-order valence-electron chi connectivity index (χ2n) is 3.18. The van der Waals surface area contributed by atoms with E-state index in [2.05, 4.69) is 10.5 Å². The molecule has 0 bridgehead atoms. The van der Waals surface area contributed by atoms with E-state index in [0.717, 1.165) is 0 Å². The number of nitrogens with zero attached hydrogens (tertiary/aromatic N) is 1. The van der Waals surface area contributed by atoms with Gasteiger partial charge in [0, 0.05) is 11.2 Å². The van der Waals surface area contributed by atoms with Crippen LogP contribution in [0.3, 0.4) is 0 Å². The number of benzene rings is 1. The normalized spacial score (nSPS) is 20.2. The van der Waals surface area contributed by atoms with Crippen LogP contribution in [0, 0.1) is 0 Å². The van der Waals surface area contributed by atoms with Crippen LogP contribution in [0.25, 0.3) is 0 Å². The van der Waals surface area contributed by atoms with Gasteiger partial charge in [-0.3, -0.25) is 0 Å². The zero-order chi connectivity index (χ0) is 10.9. The van der Waals surface area contributed by atoms with Gasteiger partial charge in [-0.15, -0.1) is 0 Å². The molecule has 1 unspecified atom stereocenters. The summed E-state index contributed by atoms with van der Waals surface area (Å²) in [6, 6.07) is 6.13. The number of sulfone groups is 1. The smallest absolute Gasteiger partial charge is 0.188 e. The molecular weight excluding hydrogens is 236 g/mol. The van der Waals surface area contributed by atoms with Crippen molar-refractivity contribution < 1.29 is 8.42 Å². The highest BCUT2D eigenvalue weighted by Gasteiger charge is 2.28. The van der Waals surface area contributed by atoms with Gasteiger partial charge in [0.25, 0.3) is 0 Å². The first-order valence-electron chi connectivity index (χ1n) is 4.36. The van der Waals surface area contributed by atoms with E-state index in [4.69, 9.17) is 11.6 Å². The molecule has 1 heterocycles. The van der Waals surface area contributed by atoms with Crippen molar-refractivity contribution in [3.8, 4) is 0 Å². The third-order valence-corrected chi connectivity index (χ3v) is 4.43. The van der Waals surface area contributed by atoms with Gasteiger partial charge >= 0.3 is 0 Å². The number of nitrogens with one attached hydrogen (secondary N) is 1. The summed E-state index contributed by atoms with van der Waals surface area (Å²) in [6.45, 7) is 0.324. The third kappa shape index (κ3) is 1.98. The van der Waals surface area contributed by atoms with Gasteiger partial charge in [-0.2, -0.15) is 5.10 Å². The van der Waals surface area contributed by atoms with Crippen molar-refractivity contribution in [3.05, 3.63) is 29.3 Å². The lowest BCUT2D eigenvalue weighted by atomic mass is 10.4. The highest BCUT2D eigenvalue weighted by atomic mass is 35.5. The van der Waals surface area contributed by atoms with E-state index in [1.165, 1.54) is 18.3 Å². The molecule has 1 atom stereocenters. The van der Waals surface area contributed by atoms with E-state index >= 15 is 0 Å². The average molecular weight is 245 g/mol. The van der Waals surface area contributed by atoms with Crippen molar-refractivity contribution in [2.45, 2.75) is 10.1 Å². The molecule has 80 valence electrons. The van der Waals surface area contributed by atoms with Gasteiger partial charge in [0.05, 0.1) is 11.4 Å². The Hall–Kier alpha value is -1.07. The van der Waals surface area contributed by atoms with Crippen molar-refractivity contribution >= 4 is 27.7 Å². The lowest BCUT2D eigenvalue weighted by Crippen LogP contribution is -2.26. The van der Waals surface area contributed by atoms with E-state index in [1.807, 2.05) is 0 Å². The van der Waals surface area contributed by atoms with Gasteiger partial charge < -0.3 is 5.43 Å². The van der Waals surface area contributed by atoms with Gasteiger partial charge in [-0.25, -0.2) is 8.42 Å². The maximum Gasteiger partial charge on any atom is 0.188 e. The molecule has 0 amide bonds. The van der Waals surface area contributed by atoms with Crippen molar-refractivity contribution in [1.82, 2.24) is 5.43 Å². The van der Waals surface area contributed by atoms with Crippen LogP contribution in [-0.4, -0.2) is 26.4 Å². The van der Waals surface area contributed by atoms with Gasteiger partial charge in [0.2, 0.25) is 0 Å². The second-order valence-corrected chi connectivity index (χ2v) is 5.78. The van der Waals surface area contributed by atoms with E-state index in [-0.39, 0.29) is 4.90 Å². The Kier molecular flexibility index (Phi) is 2.67. The first-order chi connectivity index (χ1) is 7.10. The summed E-state index contributed by atoms with van der Waals surface area (Å²) in [5.41, 5.74) is 2.62. The number of rotatable bonds is 2. The zero-order valence-corrected chi connectivity index (χ0v) is 9.29. The first kappa shape index (κ1) is 10.4. The Morgan fingerprint density at radius 1 is 1.33 bits per heavy atom. The van der Waals surface area contributed by atoms with Crippen LogP contribution in [0.5, 0.6) is 0 Å². The molecule has 1 aliphatic heterocycles. The Morgan fingerprint density at radius 3 is 2.53 bits per heavy atom. The second kappa shape index (κ2) is 3.83. The molecular formula is C9H9ClN2O2S. The largest absolute Gasteiger partial charge is 0.309 e. The summed E-state index contributed by atoms with van der Waals surface area (Å²) < 4.78 is 23.9. The minimum atomic E-state index is -3.33. The predicted octanol–water partition coefficient (Wildman–Crippen LogP) is 1.07. The van der Waals surface area contributed by atoms with Crippen molar-refractivity contribution in [3.63, 3.8) is 0 Å². The quantitative estimate of drug-likeness (QED) is 0.847. The van der Waals surface area contributed by atoms with E-state index < -0.39 is 15.1 Å². The summed E-state index contributed by atoms with van der Waals surface area (Å²) in [6.07, 6.45) is 1.41. The molecule has 2 rings (SSSR count). The van der Waals surface area contributed by atoms with E-state index in [9.17, 15) is 8.42 Å². The molecule has 1 aromatic rings. The monoisotopic (exact) mass is 244 g/mol. The lowest BCUT2D eigenvalue weighted by Gasteiger charge is -2.07. The minimum absolute atomic E-state index is 0.270. The van der Waals surface area contributed by atoms with Crippen LogP contribution in [0.4, 0.5) is 0 Å². The fourth-order valence-corrected chi connectivity index (χ4v) is 2.83. The molecule has 15 heavy (non-hydrogen) atoms. The first-order valence-corrected chi connectivity index (χ1v) is 6.28. The maximum absolute atomic E-state index is 12.0. The third-order valence-electron chi connectivity index (χ3n) is 2.17. The molecule has 6 heteroatoms. The van der Waals surface area contributed by atoms with Crippen LogP contribution in [0.2, 0.25) is 5.02 Å². The Bertz CT molecular complexity index is 481. The molecule has 0 aromatic heterocycles. The SMILES string of the molecule is O=S(=O)(c1ccc(Cl)cc1)C1C=NNC1. The average Bonchev–Trinajstić information content (AvgIpc) is 2.71. The van der Waals surface area contributed by atoms with E-state index in [0.29, 0.717) is 11.6 Å². The molecule has 0 saturated heterocycles. The molecule has 0 radical (unpaired) electrons. The zero-order valence-electron chi connectivity index (χ0n) is 7.72. The highest BCUT2D eigenvalue weighted by Crippen LogP contribution is 2.18. The molecule has 1 aliphatic rings. The molecule has 0 fully saturated rings. The van der Waals surface area contributed by atoms with Crippen LogP contribution >= 0.6 is 11.6 Å². The number of hydrogen-bond acceptors (Lipinski definition) is 4. The number of hydrazone groups is 1. The van der Waals surface area contributed by atoms with Gasteiger partial charge in [-0.1, -0.05) is 11.6 Å². The highest BCUT2D eigenvalue weighted by molar-refractivity contribution is 7.92. The minimum Gasteiger partial charge on any atom is -0.309 e. The molecule has 1 N–H and O–H groups in total. The summed E-state index contributed by atoms with van der Waals surface area (Å²) in [4.78, 5) is 0.270. The van der Waals surface area contributed by atoms with Crippen molar-refractivity contribution in [1.29, 1.82) is 0 Å². The summed E-state index contributed by atoms with van der Waals surface area (Å²) in [7, 11) is -3.33. The number of halogens is 1. The van der Waals surface area contributed by atoms with Crippen molar-refractivity contribution in [2.24, 2.45) is 5.10 Å². The van der Waals surface area contributed by atoms with Crippen LogP contribution < -0.4 is 5.43 Å². The van der Waals surface area contributed by atoms with Crippen molar-refractivity contribution in [2.75, 3.05) is 6.54 Å². The number of hydrogen-bond donors (Lipinski definition) is 1. The van der Waals surface area contributed by atoms with Gasteiger partial charge in [0.1, 0.15) is 5.25 Å². The van der Waals surface area contributed by atoms with Gasteiger partial charge in [0.15, 0.2) is 9.84 Å². The van der Waals surface area contributed by atoms with Crippen LogP contribution in [-0.2, 0) is 9.84 Å². The Morgan fingerprint density at radius 2 is 2.00 bits per heavy atom. The van der Waals surface area contributed by atoms with E-state index in [1.54, 1.807) is 12.1 Å².